The summed E-state index contributed by atoms with van der Waals surface area (Å²) in [6.45, 7) is 3.99. The SMILES string of the molecule is CC(Oc1ccc(Cl)cc1Cl)C(=O)Nc1ccc(N2CCN(C(=O)c3ccco3)CC2)c(Cl)c1. The number of piperazine rings is 1. The van der Waals surface area contributed by atoms with Crippen LogP contribution in [0.2, 0.25) is 15.1 Å². The Morgan fingerprint density at radius 3 is 2.41 bits per heavy atom. The molecule has 0 aliphatic carbocycles. The molecule has 0 saturated carbocycles. The van der Waals surface area contributed by atoms with Gasteiger partial charge < -0.3 is 24.3 Å². The first-order valence-electron chi connectivity index (χ1n) is 10.6. The van der Waals surface area contributed by atoms with Gasteiger partial charge in [0.2, 0.25) is 0 Å². The topological polar surface area (TPSA) is 75.0 Å². The van der Waals surface area contributed by atoms with E-state index in [1.54, 1.807) is 54.3 Å². The summed E-state index contributed by atoms with van der Waals surface area (Å²) < 4.78 is 10.9. The number of furan rings is 1. The van der Waals surface area contributed by atoms with Crippen molar-refractivity contribution >= 4 is 58.0 Å². The lowest BCUT2D eigenvalue weighted by atomic mass is 10.2. The van der Waals surface area contributed by atoms with Crippen LogP contribution in [0.3, 0.4) is 0 Å². The van der Waals surface area contributed by atoms with Gasteiger partial charge in [0.25, 0.3) is 11.8 Å². The number of anilines is 2. The highest BCUT2D eigenvalue weighted by Gasteiger charge is 2.25. The number of hydrogen-bond acceptors (Lipinski definition) is 5. The number of nitrogens with one attached hydrogen (secondary N) is 1. The lowest BCUT2D eigenvalue weighted by Gasteiger charge is -2.36. The van der Waals surface area contributed by atoms with Gasteiger partial charge in [0.15, 0.2) is 11.9 Å². The summed E-state index contributed by atoms with van der Waals surface area (Å²) in [7, 11) is 0. The quantitative estimate of drug-likeness (QED) is 0.456. The molecule has 3 aromatic rings. The Kier molecular flexibility index (Phi) is 7.56. The molecule has 1 atom stereocenters. The summed E-state index contributed by atoms with van der Waals surface area (Å²) in [6.07, 6.45) is 0.695. The summed E-state index contributed by atoms with van der Waals surface area (Å²) in [4.78, 5) is 28.9. The smallest absolute Gasteiger partial charge is 0.289 e. The van der Waals surface area contributed by atoms with Crippen molar-refractivity contribution in [3.8, 4) is 5.75 Å². The number of hydrogen-bond donors (Lipinski definition) is 1. The molecule has 0 spiro atoms. The first kappa shape index (κ1) is 24.3. The molecule has 2 amide bonds. The standard InChI is InChI=1S/C24H22Cl3N3O4/c1-15(34-21-7-4-16(25)13-19(21)27)23(31)28-17-5-6-20(18(26)14-17)29-8-10-30(11-9-29)24(32)22-3-2-12-33-22/h2-7,12-15H,8-11H2,1H3,(H,28,31). The van der Waals surface area contributed by atoms with Gasteiger partial charge in [-0.1, -0.05) is 34.8 Å². The number of amides is 2. The third-order valence-electron chi connectivity index (χ3n) is 5.42. The molecule has 2 heterocycles. The van der Waals surface area contributed by atoms with Crippen LogP contribution in [0.4, 0.5) is 11.4 Å². The molecule has 178 valence electrons. The second-order valence-corrected chi connectivity index (χ2v) is 9.00. The van der Waals surface area contributed by atoms with Crippen molar-refractivity contribution in [2.45, 2.75) is 13.0 Å². The highest BCUT2D eigenvalue weighted by Crippen LogP contribution is 2.31. The molecule has 10 heteroatoms. The van der Waals surface area contributed by atoms with Gasteiger partial charge in [-0.25, -0.2) is 0 Å². The summed E-state index contributed by atoms with van der Waals surface area (Å²) in [5.41, 5.74) is 1.38. The largest absolute Gasteiger partial charge is 0.479 e. The van der Waals surface area contributed by atoms with Gasteiger partial charge in [0.05, 0.1) is 22.0 Å². The lowest BCUT2D eigenvalue weighted by Crippen LogP contribution is -2.48. The monoisotopic (exact) mass is 521 g/mol. The van der Waals surface area contributed by atoms with Gasteiger partial charge in [-0.2, -0.15) is 0 Å². The van der Waals surface area contributed by atoms with E-state index in [0.29, 0.717) is 58.4 Å². The fourth-order valence-electron chi connectivity index (χ4n) is 3.61. The van der Waals surface area contributed by atoms with Crippen LogP contribution in [0, 0.1) is 0 Å². The molecule has 1 saturated heterocycles. The summed E-state index contributed by atoms with van der Waals surface area (Å²) >= 11 is 18.5. The van der Waals surface area contributed by atoms with Crippen LogP contribution in [0.15, 0.2) is 59.2 Å². The van der Waals surface area contributed by atoms with Crippen LogP contribution in [-0.4, -0.2) is 49.0 Å². The average Bonchev–Trinajstić information content (AvgIpc) is 3.36. The van der Waals surface area contributed by atoms with E-state index in [-0.39, 0.29) is 11.8 Å². The molecule has 0 bridgehead atoms. The van der Waals surface area contributed by atoms with Crippen LogP contribution in [0.25, 0.3) is 0 Å². The zero-order chi connectivity index (χ0) is 24.2. The van der Waals surface area contributed by atoms with Crippen LogP contribution in [0.5, 0.6) is 5.75 Å². The van der Waals surface area contributed by atoms with Crippen molar-refractivity contribution in [1.29, 1.82) is 0 Å². The van der Waals surface area contributed by atoms with E-state index in [9.17, 15) is 9.59 Å². The van der Waals surface area contributed by atoms with E-state index in [4.69, 9.17) is 44.0 Å². The lowest BCUT2D eigenvalue weighted by molar-refractivity contribution is -0.122. The van der Waals surface area contributed by atoms with Crippen molar-refractivity contribution in [1.82, 2.24) is 4.90 Å². The van der Waals surface area contributed by atoms with Crippen molar-refractivity contribution < 1.29 is 18.7 Å². The summed E-state index contributed by atoms with van der Waals surface area (Å²) in [5.74, 6) is 0.236. The predicted molar refractivity (Wildman–Crippen MR) is 133 cm³/mol. The number of ether oxygens (including phenoxy) is 1. The normalized spacial score (nSPS) is 14.6. The molecule has 2 aromatic carbocycles. The van der Waals surface area contributed by atoms with Crippen molar-refractivity contribution in [3.63, 3.8) is 0 Å². The second-order valence-electron chi connectivity index (χ2n) is 7.75. The molecule has 0 radical (unpaired) electrons. The Morgan fingerprint density at radius 2 is 1.76 bits per heavy atom. The number of rotatable bonds is 6. The summed E-state index contributed by atoms with van der Waals surface area (Å²) in [6, 6.07) is 13.5. The van der Waals surface area contributed by atoms with E-state index in [2.05, 4.69) is 10.2 Å². The summed E-state index contributed by atoms with van der Waals surface area (Å²) in [5, 5.41) is 4.11. The fourth-order valence-corrected chi connectivity index (χ4v) is 4.36. The van der Waals surface area contributed by atoms with Crippen molar-refractivity contribution in [2.24, 2.45) is 0 Å². The first-order chi connectivity index (χ1) is 16.3. The van der Waals surface area contributed by atoms with E-state index in [0.717, 1.165) is 5.69 Å². The molecule has 1 aliphatic rings. The highest BCUT2D eigenvalue weighted by molar-refractivity contribution is 6.35. The van der Waals surface area contributed by atoms with Crippen LogP contribution in [-0.2, 0) is 4.79 Å². The predicted octanol–water partition coefficient (Wildman–Crippen LogP) is 5.61. The Morgan fingerprint density at radius 1 is 1.00 bits per heavy atom. The van der Waals surface area contributed by atoms with Crippen LogP contribution >= 0.6 is 34.8 Å². The zero-order valence-corrected chi connectivity index (χ0v) is 20.5. The maximum absolute atomic E-state index is 12.6. The molecule has 1 N–H and O–H groups in total. The maximum atomic E-state index is 12.6. The molecular weight excluding hydrogens is 501 g/mol. The minimum Gasteiger partial charge on any atom is -0.479 e. The number of nitrogens with zero attached hydrogens (tertiary/aromatic N) is 2. The number of benzene rings is 2. The average molecular weight is 523 g/mol. The number of carbonyl (C=O) groups excluding carboxylic acids is 2. The third-order valence-corrected chi connectivity index (χ3v) is 6.25. The molecular formula is C24H22Cl3N3O4. The zero-order valence-electron chi connectivity index (χ0n) is 18.3. The van der Waals surface area contributed by atoms with Gasteiger partial charge in [0.1, 0.15) is 5.75 Å². The Balaban J connectivity index is 1.34. The molecule has 1 unspecified atom stereocenters. The molecule has 4 rings (SSSR count). The van der Waals surface area contributed by atoms with Crippen molar-refractivity contribution in [3.05, 3.63) is 75.6 Å². The minimum atomic E-state index is -0.795. The van der Waals surface area contributed by atoms with E-state index in [1.807, 2.05) is 6.07 Å². The fraction of sp³-hybridized carbons (Fsp3) is 0.250. The van der Waals surface area contributed by atoms with Crippen molar-refractivity contribution in [2.75, 3.05) is 36.4 Å². The Hall–Kier alpha value is -2.87. The minimum absolute atomic E-state index is 0.120. The maximum Gasteiger partial charge on any atom is 0.289 e. The first-order valence-corrected chi connectivity index (χ1v) is 11.7. The molecule has 1 aliphatic heterocycles. The molecule has 1 fully saturated rings. The van der Waals surface area contributed by atoms with Crippen LogP contribution in [0.1, 0.15) is 17.5 Å². The highest BCUT2D eigenvalue weighted by atomic mass is 35.5. The molecule has 34 heavy (non-hydrogen) atoms. The van der Waals surface area contributed by atoms with E-state index >= 15 is 0 Å². The number of halogens is 3. The molecule has 7 nitrogen and oxygen atoms in total. The Labute approximate surface area is 212 Å². The molecule has 1 aromatic heterocycles. The van der Waals surface area contributed by atoms with Gasteiger partial charge >= 0.3 is 0 Å². The van der Waals surface area contributed by atoms with Crippen LogP contribution < -0.4 is 15.0 Å². The van der Waals surface area contributed by atoms with E-state index in [1.165, 1.54) is 6.26 Å². The van der Waals surface area contributed by atoms with Gasteiger partial charge in [-0.15, -0.1) is 0 Å². The van der Waals surface area contributed by atoms with Gasteiger partial charge in [-0.05, 0) is 55.5 Å². The number of carbonyl (C=O) groups is 2. The second kappa shape index (κ2) is 10.6. The van der Waals surface area contributed by atoms with E-state index < -0.39 is 6.10 Å². The van der Waals surface area contributed by atoms with Gasteiger partial charge in [-0.3, -0.25) is 9.59 Å². The third kappa shape index (κ3) is 5.60. The van der Waals surface area contributed by atoms with Gasteiger partial charge in [0, 0.05) is 36.9 Å². The Bertz CT molecular complexity index is 1180.